The minimum atomic E-state index is -0.916. The molecule has 4 heteroatoms. The fraction of sp³-hybridized carbons (Fsp3) is 0.429. The summed E-state index contributed by atoms with van der Waals surface area (Å²) in [6, 6.07) is 16.2. The molecule has 0 saturated carbocycles. The van der Waals surface area contributed by atoms with Gasteiger partial charge in [-0.2, -0.15) is 0 Å². The van der Waals surface area contributed by atoms with Crippen molar-refractivity contribution in [1.82, 2.24) is 9.97 Å². The highest BCUT2D eigenvalue weighted by atomic mass is 19.1. The van der Waals surface area contributed by atoms with Crippen LogP contribution in [0.4, 0.5) is 4.39 Å². The van der Waals surface area contributed by atoms with Gasteiger partial charge in [0.2, 0.25) is 0 Å². The van der Waals surface area contributed by atoms with Crippen LogP contribution in [0, 0.1) is 0 Å². The quantitative estimate of drug-likeness (QED) is 0.257. The molecule has 3 nitrogen and oxygen atoms in total. The Morgan fingerprint density at radius 1 is 0.750 bits per heavy atom. The molecule has 0 saturated heterocycles. The first-order chi connectivity index (χ1) is 15.7. The molecule has 0 fully saturated rings. The van der Waals surface area contributed by atoms with Gasteiger partial charge in [-0.1, -0.05) is 70.2 Å². The molecule has 0 aliphatic carbocycles. The highest BCUT2D eigenvalue weighted by Gasteiger charge is 2.08. The molecule has 32 heavy (non-hydrogen) atoms. The summed E-state index contributed by atoms with van der Waals surface area (Å²) in [4.78, 5) is 9.09. The van der Waals surface area contributed by atoms with Gasteiger partial charge >= 0.3 is 0 Å². The molecule has 0 radical (unpaired) electrons. The Hall–Kier alpha value is -2.75. The predicted octanol–water partition coefficient (Wildman–Crippen LogP) is 7.84. The number of benzene rings is 2. The first-order valence-electron chi connectivity index (χ1n) is 12.0. The third-order valence-corrected chi connectivity index (χ3v) is 5.67. The van der Waals surface area contributed by atoms with Crippen LogP contribution < -0.4 is 4.74 Å². The van der Waals surface area contributed by atoms with Crippen molar-refractivity contribution < 1.29 is 9.13 Å². The summed E-state index contributed by atoms with van der Waals surface area (Å²) in [6.45, 7) is 4.40. The average molecular weight is 435 g/mol. The number of rotatable bonds is 13. The Labute approximate surface area is 192 Å². The fourth-order valence-corrected chi connectivity index (χ4v) is 3.64. The first-order valence-corrected chi connectivity index (χ1v) is 12.0. The molecular weight excluding hydrogens is 399 g/mol. The maximum atomic E-state index is 13.8. The molecule has 0 amide bonds. The molecule has 0 bridgehead atoms. The molecule has 1 aromatic heterocycles. The maximum absolute atomic E-state index is 13.8. The predicted molar refractivity (Wildman–Crippen MR) is 131 cm³/mol. The van der Waals surface area contributed by atoms with Gasteiger partial charge in [0.05, 0.1) is 0 Å². The lowest BCUT2D eigenvalue weighted by molar-refractivity contribution is 0.184. The Morgan fingerprint density at radius 3 is 2.06 bits per heavy atom. The van der Waals surface area contributed by atoms with Crippen molar-refractivity contribution >= 4 is 0 Å². The number of aryl methyl sites for hydroxylation is 1. The summed E-state index contributed by atoms with van der Waals surface area (Å²) in [5, 5.41) is 0. The molecule has 3 aromatic rings. The van der Waals surface area contributed by atoms with Crippen molar-refractivity contribution in [1.29, 1.82) is 0 Å². The van der Waals surface area contributed by atoms with E-state index in [1.807, 2.05) is 36.7 Å². The van der Waals surface area contributed by atoms with Crippen LogP contribution >= 0.6 is 0 Å². The van der Waals surface area contributed by atoms with Crippen LogP contribution in [-0.2, 0) is 6.42 Å². The van der Waals surface area contributed by atoms with Crippen LogP contribution in [0.3, 0.4) is 0 Å². The monoisotopic (exact) mass is 434 g/mol. The second-order valence-electron chi connectivity index (χ2n) is 8.38. The highest BCUT2D eigenvalue weighted by molar-refractivity contribution is 5.64. The van der Waals surface area contributed by atoms with Gasteiger partial charge in [-0.25, -0.2) is 14.4 Å². The Balaban J connectivity index is 1.55. The van der Waals surface area contributed by atoms with E-state index in [9.17, 15) is 4.39 Å². The number of nitrogens with zero attached hydrogens (tertiary/aromatic N) is 2. The molecular formula is C28H35FN2O. The van der Waals surface area contributed by atoms with Gasteiger partial charge in [0.25, 0.3) is 0 Å². The molecule has 0 aliphatic rings. The highest BCUT2D eigenvalue weighted by Crippen LogP contribution is 2.23. The van der Waals surface area contributed by atoms with Crippen molar-refractivity contribution in [3.63, 3.8) is 0 Å². The molecule has 2 aromatic carbocycles. The lowest BCUT2D eigenvalue weighted by Crippen LogP contribution is -2.12. The standard InChI is InChI=1S/C28H35FN2O/c1-3-5-7-8-9-22-11-13-23(14-12-22)25-19-30-28(31-20-25)24-15-17-27(18-16-24)32-21-26(29)10-6-4-2/h11-20,26H,3-10,21H2,1-2H3. The summed E-state index contributed by atoms with van der Waals surface area (Å²) >= 11 is 0. The number of ether oxygens (including phenoxy) is 1. The van der Waals surface area contributed by atoms with E-state index in [0.29, 0.717) is 18.0 Å². The van der Waals surface area contributed by atoms with Crippen molar-refractivity contribution in [2.24, 2.45) is 0 Å². The Kier molecular flexibility index (Phi) is 9.67. The lowest BCUT2D eigenvalue weighted by Gasteiger charge is -2.10. The van der Waals surface area contributed by atoms with Gasteiger partial charge < -0.3 is 4.74 Å². The van der Waals surface area contributed by atoms with E-state index >= 15 is 0 Å². The van der Waals surface area contributed by atoms with Crippen molar-refractivity contribution in [3.05, 3.63) is 66.5 Å². The molecule has 3 rings (SSSR count). The molecule has 1 atom stereocenters. The van der Waals surface area contributed by atoms with E-state index in [1.54, 1.807) is 0 Å². The minimum absolute atomic E-state index is 0.0993. The molecule has 1 heterocycles. The summed E-state index contributed by atoms with van der Waals surface area (Å²) in [6.07, 6.45) is 11.5. The fourth-order valence-electron chi connectivity index (χ4n) is 3.64. The zero-order valence-electron chi connectivity index (χ0n) is 19.4. The Bertz CT molecular complexity index is 908. The summed E-state index contributed by atoms with van der Waals surface area (Å²) in [7, 11) is 0. The molecule has 1 unspecified atom stereocenters. The molecule has 170 valence electrons. The maximum Gasteiger partial charge on any atom is 0.159 e. The lowest BCUT2D eigenvalue weighted by atomic mass is 10.0. The normalized spacial score (nSPS) is 12.0. The van der Waals surface area contributed by atoms with Crippen LogP contribution in [0.15, 0.2) is 60.9 Å². The third kappa shape index (κ3) is 7.44. The van der Waals surface area contributed by atoms with Crippen molar-refractivity contribution in [3.8, 4) is 28.3 Å². The van der Waals surface area contributed by atoms with Gasteiger partial charge in [0, 0.05) is 23.5 Å². The number of unbranched alkanes of at least 4 members (excludes halogenated alkanes) is 4. The number of halogens is 1. The summed E-state index contributed by atoms with van der Waals surface area (Å²) in [5.74, 6) is 1.33. The SMILES string of the molecule is CCCCCCc1ccc(-c2cnc(-c3ccc(OCC(F)CCCC)cc3)nc2)cc1. The number of hydrogen-bond donors (Lipinski definition) is 0. The second-order valence-corrected chi connectivity index (χ2v) is 8.38. The molecule has 0 N–H and O–H groups in total. The average Bonchev–Trinajstić information content (AvgIpc) is 2.85. The van der Waals surface area contributed by atoms with Crippen LogP contribution in [0.25, 0.3) is 22.5 Å². The van der Waals surface area contributed by atoms with E-state index in [4.69, 9.17) is 4.74 Å². The first kappa shape index (κ1) is 23.9. The van der Waals surface area contributed by atoms with Crippen LogP contribution in [0.2, 0.25) is 0 Å². The van der Waals surface area contributed by atoms with E-state index in [1.165, 1.54) is 31.2 Å². The zero-order valence-corrected chi connectivity index (χ0v) is 19.4. The largest absolute Gasteiger partial charge is 0.491 e. The summed E-state index contributed by atoms with van der Waals surface area (Å²) in [5.41, 5.74) is 4.43. The van der Waals surface area contributed by atoms with Crippen LogP contribution in [0.1, 0.15) is 64.4 Å². The van der Waals surface area contributed by atoms with Crippen LogP contribution in [0.5, 0.6) is 5.75 Å². The van der Waals surface area contributed by atoms with Gasteiger partial charge in [0.1, 0.15) is 18.5 Å². The van der Waals surface area contributed by atoms with E-state index in [-0.39, 0.29) is 6.61 Å². The van der Waals surface area contributed by atoms with Crippen LogP contribution in [-0.4, -0.2) is 22.7 Å². The van der Waals surface area contributed by atoms with Gasteiger partial charge in [0.15, 0.2) is 5.82 Å². The van der Waals surface area contributed by atoms with Gasteiger partial charge in [-0.15, -0.1) is 0 Å². The Morgan fingerprint density at radius 2 is 1.41 bits per heavy atom. The van der Waals surface area contributed by atoms with E-state index in [0.717, 1.165) is 36.0 Å². The van der Waals surface area contributed by atoms with E-state index < -0.39 is 6.17 Å². The third-order valence-electron chi connectivity index (χ3n) is 5.67. The number of hydrogen-bond acceptors (Lipinski definition) is 3. The van der Waals surface area contributed by atoms with Gasteiger partial charge in [-0.3, -0.25) is 0 Å². The smallest absolute Gasteiger partial charge is 0.159 e. The minimum Gasteiger partial charge on any atom is -0.491 e. The second kappa shape index (κ2) is 12.9. The van der Waals surface area contributed by atoms with Gasteiger partial charge in [-0.05, 0) is 54.7 Å². The topological polar surface area (TPSA) is 35.0 Å². The molecule has 0 spiro atoms. The van der Waals surface area contributed by atoms with Crippen molar-refractivity contribution in [2.45, 2.75) is 71.4 Å². The summed E-state index contributed by atoms with van der Waals surface area (Å²) < 4.78 is 19.3. The number of alkyl halides is 1. The zero-order chi connectivity index (χ0) is 22.6. The molecule has 0 aliphatic heterocycles. The van der Waals surface area contributed by atoms with Crippen molar-refractivity contribution in [2.75, 3.05) is 6.61 Å². The van der Waals surface area contributed by atoms with E-state index in [2.05, 4.69) is 48.1 Å². The number of aromatic nitrogens is 2.